The monoisotopic (exact) mass is 192 g/mol. The van der Waals surface area contributed by atoms with E-state index >= 15 is 0 Å². The summed E-state index contributed by atoms with van der Waals surface area (Å²) < 4.78 is 0. The highest BCUT2D eigenvalue weighted by molar-refractivity contribution is 5.93. The van der Waals surface area contributed by atoms with Gasteiger partial charge < -0.3 is 5.73 Å². The van der Waals surface area contributed by atoms with Crippen molar-refractivity contribution in [1.82, 2.24) is 0 Å². The summed E-state index contributed by atoms with van der Waals surface area (Å²) in [5, 5.41) is 7.44. The predicted octanol–water partition coefficient (Wildman–Crippen LogP) is 1.58. The Hall–Kier alpha value is -1.91. The van der Waals surface area contributed by atoms with Gasteiger partial charge in [0, 0.05) is 5.56 Å². The summed E-state index contributed by atoms with van der Waals surface area (Å²) in [4.78, 5) is 10.7. The Kier molecular flexibility index (Phi) is 3.60. The highest BCUT2D eigenvalue weighted by atomic mass is 16.1. The number of benzene rings is 1. The summed E-state index contributed by atoms with van der Waals surface area (Å²) >= 11 is 0. The minimum absolute atomic E-state index is 0.438. The Labute approximate surface area is 82.0 Å². The smallest absolute Gasteiger partial charge is 0.248 e. The van der Waals surface area contributed by atoms with E-state index in [1.54, 1.807) is 24.3 Å². The lowest BCUT2D eigenvalue weighted by atomic mass is 10.2. The van der Waals surface area contributed by atoms with Crippen LogP contribution < -0.4 is 11.2 Å². The molecule has 1 rings (SSSR count). The summed E-state index contributed by atoms with van der Waals surface area (Å²) in [5.41, 5.74) is 9.05. The molecule has 14 heavy (non-hydrogen) atoms. The molecular formula is C9H12N4O. The van der Waals surface area contributed by atoms with Gasteiger partial charge in [-0.3, -0.25) is 10.2 Å². The highest BCUT2D eigenvalue weighted by Crippen LogP contribution is 2.08. The van der Waals surface area contributed by atoms with Gasteiger partial charge in [0.05, 0.1) is 12.2 Å². The number of hydrogen-bond acceptors (Lipinski definition) is 3. The van der Waals surface area contributed by atoms with Crippen LogP contribution >= 0.6 is 0 Å². The summed E-state index contributed by atoms with van der Waals surface area (Å²) in [6.07, 6.45) is 0. The van der Waals surface area contributed by atoms with Crippen molar-refractivity contribution in [2.75, 3.05) is 12.0 Å². The molecule has 0 atom stereocenters. The van der Waals surface area contributed by atoms with Crippen molar-refractivity contribution >= 4 is 11.6 Å². The van der Waals surface area contributed by atoms with Crippen molar-refractivity contribution in [2.45, 2.75) is 6.92 Å². The van der Waals surface area contributed by atoms with Crippen LogP contribution in [0.5, 0.6) is 0 Å². The number of anilines is 1. The quantitative estimate of drug-likeness (QED) is 0.561. The summed E-state index contributed by atoms with van der Waals surface area (Å²) in [7, 11) is 0. The molecule has 0 aromatic heterocycles. The van der Waals surface area contributed by atoms with Crippen molar-refractivity contribution in [3.63, 3.8) is 0 Å². The number of amides is 1. The molecule has 1 aromatic rings. The molecular weight excluding hydrogens is 180 g/mol. The lowest BCUT2D eigenvalue weighted by Crippen LogP contribution is -2.10. The van der Waals surface area contributed by atoms with E-state index in [0.29, 0.717) is 12.1 Å². The molecule has 0 saturated heterocycles. The molecule has 74 valence electrons. The zero-order valence-electron chi connectivity index (χ0n) is 7.90. The van der Waals surface area contributed by atoms with Crippen LogP contribution in [0.3, 0.4) is 0 Å². The van der Waals surface area contributed by atoms with Gasteiger partial charge in [-0.25, -0.2) is 0 Å². The first-order chi connectivity index (χ1) is 6.74. The van der Waals surface area contributed by atoms with Crippen LogP contribution in [0, 0.1) is 0 Å². The van der Waals surface area contributed by atoms with Crippen LogP contribution in [0.4, 0.5) is 5.69 Å². The Morgan fingerprint density at radius 2 is 2.07 bits per heavy atom. The first kappa shape index (κ1) is 10.2. The zero-order valence-corrected chi connectivity index (χ0v) is 7.90. The highest BCUT2D eigenvalue weighted by Gasteiger charge is 1.98. The fourth-order valence-electron chi connectivity index (χ4n) is 0.873. The van der Waals surface area contributed by atoms with Gasteiger partial charge in [0.25, 0.3) is 0 Å². The van der Waals surface area contributed by atoms with Gasteiger partial charge in [-0.1, -0.05) is 5.22 Å². The third kappa shape index (κ3) is 2.85. The number of nitrogens with one attached hydrogen (secondary N) is 1. The lowest BCUT2D eigenvalue weighted by molar-refractivity contribution is 0.100. The fraction of sp³-hybridized carbons (Fsp3) is 0.222. The molecule has 5 heteroatoms. The van der Waals surface area contributed by atoms with Crippen molar-refractivity contribution in [3.05, 3.63) is 29.8 Å². The van der Waals surface area contributed by atoms with E-state index in [1.165, 1.54) is 0 Å². The van der Waals surface area contributed by atoms with Gasteiger partial charge in [0.15, 0.2) is 0 Å². The molecule has 0 spiro atoms. The number of carbonyl (C=O) groups excluding carboxylic acids is 1. The maximum Gasteiger partial charge on any atom is 0.248 e. The van der Waals surface area contributed by atoms with Crippen molar-refractivity contribution in [1.29, 1.82) is 0 Å². The molecule has 0 fully saturated rings. The molecule has 0 heterocycles. The van der Waals surface area contributed by atoms with E-state index in [1.807, 2.05) is 6.92 Å². The van der Waals surface area contributed by atoms with E-state index in [9.17, 15) is 4.79 Å². The maximum absolute atomic E-state index is 10.7. The molecule has 0 aliphatic heterocycles. The number of primary amides is 1. The third-order valence-corrected chi connectivity index (χ3v) is 1.56. The number of carbonyl (C=O) groups is 1. The van der Waals surface area contributed by atoms with E-state index in [0.717, 1.165) is 5.69 Å². The van der Waals surface area contributed by atoms with E-state index in [4.69, 9.17) is 5.73 Å². The van der Waals surface area contributed by atoms with E-state index < -0.39 is 5.91 Å². The first-order valence-electron chi connectivity index (χ1n) is 4.26. The first-order valence-corrected chi connectivity index (χ1v) is 4.26. The Balaban J connectivity index is 2.64. The van der Waals surface area contributed by atoms with Gasteiger partial charge in [0.2, 0.25) is 5.91 Å². The Morgan fingerprint density at radius 1 is 1.43 bits per heavy atom. The fourth-order valence-corrected chi connectivity index (χ4v) is 0.873. The Bertz CT molecular complexity index is 331. The van der Waals surface area contributed by atoms with Crippen molar-refractivity contribution in [2.24, 2.45) is 16.1 Å². The molecule has 0 unspecified atom stereocenters. The van der Waals surface area contributed by atoms with Crippen LogP contribution in [-0.4, -0.2) is 12.5 Å². The molecule has 1 aromatic carbocycles. The number of rotatable bonds is 4. The lowest BCUT2D eigenvalue weighted by Gasteiger charge is -1.99. The molecule has 0 radical (unpaired) electrons. The van der Waals surface area contributed by atoms with Crippen molar-refractivity contribution < 1.29 is 4.79 Å². The standard InChI is InChI=1S/C9H12N4O/c1-2-11-13-12-8-5-3-7(4-6-8)9(10)14/h3-6H,2H2,1H3,(H2,10,14)(H,11,12). The number of nitrogens with two attached hydrogens (primary N) is 1. The van der Waals surface area contributed by atoms with Crippen molar-refractivity contribution in [3.8, 4) is 0 Å². The minimum Gasteiger partial charge on any atom is -0.366 e. The van der Waals surface area contributed by atoms with Crippen LogP contribution in [-0.2, 0) is 0 Å². The molecule has 1 amide bonds. The second kappa shape index (κ2) is 4.96. The zero-order chi connectivity index (χ0) is 10.4. The molecule has 5 nitrogen and oxygen atoms in total. The van der Waals surface area contributed by atoms with E-state index in [2.05, 4.69) is 15.8 Å². The Morgan fingerprint density at radius 3 is 2.57 bits per heavy atom. The average molecular weight is 192 g/mol. The number of hydrogen-bond donors (Lipinski definition) is 2. The molecule has 0 aliphatic carbocycles. The van der Waals surface area contributed by atoms with Gasteiger partial charge in [0.1, 0.15) is 0 Å². The van der Waals surface area contributed by atoms with Gasteiger partial charge in [-0.05, 0) is 31.2 Å². The average Bonchev–Trinajstić information content (AvgIpc) is 2.19. The van der Waals surface area contributed by atoms with Crippen LogP contribution in [0.1, 0.15) is 17.3 Å². The largest absolute Gasteiger partial charge is 0.366 e. The molecule has 3 N–H and O–H groups in total. The molecule has 0 aliphatic rings. The van der Waals surface area contributed by atoms with Crippen LogP contribution in [0.15, 0.2) is 34.6 Å². The molecule has 0 saturated carbocycles. The summed E-state index contributed by atoms with van der Waals surface area (Å²) in [5.74, 6) is -0.438. The SMILES string of the molecule is CCN=NNc1ccc(C(N)=O)cc1. The van der Waals surface area contributed by atoms with E-state index in [-0.39, 0.29) is 0 Å². The molecule has 0 bridgehead atoms. The summed E-state index contributed by atoms with van der Waals surface area (Å²) in [6, 6.07) is 6.70. The normalized spacial score (nSPS) is 10.4. The second-order valence-corrected chi connectivity index (χ2v) is 2.61. The number of nitrogens with zero attached hydrogens (tertiary/aromatic N) is 2. The maximum atomic E-state index is 10.7. The topological polar surface area (TPSA) is 79.8 Å². The van der Waals surface area contributed by atoms with Crippen LogP contribution in [0.2, 0.25) is 0 Å². The summed E-state index contributed by atoms with van der Waals surface area (Å²) in [6.45, 7) is 2.52. The minimum atomic E-state index is -0.438. The predicted molar refractivity (Wildman–Crippen MR) is 54.0 cm³/mol. The third-order valence-electron chi connectivity index (χ3n) is 1.56. The van der Waals surface area contributed by atoms with Gasteiger partial charge >= 0.3 is 0 Å². The van der Waals surface area contributed by atoms with Gasteiger partial charge in [-0.15, -0.1) is 0 Å². The van der Waals surface area contributed by atoms with Crippen LogP contribution in [0.25, 0.3) is 0 Å². The second-order valence-electron chi connectivity index (χ2n) is 2.61. The van der Waals surface area contributed by atoms with Gasteiger partial charge in [-0.2, -0.15) is 5.11 Å².